The smallest absolute Gasteiger partial charge is 0.369 e. The maximum absolute atomic E-state index is 13.6. The molecule has 1 aliphatic rings. The Labute approximate surface area is 252 Å². The van der Waals surface area contributed by atoms with Gasteiger partial charge in [-0.2, -0.15) is 13.6 Å². The molecule has 4 rings (SSSR count). The number of phosphoric acid groups is 3. The van der Waals surface area contributed by atoms with Gasteiger partial charge < -0.3 is 30.0 Å². The van der Waals surface area contributed by atoms with Crippen molar-refractivity contribution in [2.75, 3.05) is 12.3 Å². The Morgan fingerprint density at radius 3 is 2.58 bits per heavy atom. The van der Waals surface area contributed by atoms with Crippen molar-refractivity contribution in [1.29, 1.82) is 0 Å². The van der Waals surface area contributed by atoms with E-state index in [9.17, 15) is 33.1 Å². The lowest BCUT2D eigenvalue weighted by Gasteiger charge is -2.23. The van der Waals surface area contributed by atoms with Crippen molar-refractivity contribution in [3.63, 3.8) is 0 Å². The van der Waals surface area contributed by atoms with Crippen LogP contribution in [0.4, 0.5) is 5.95 Å². The lowest BCUT2D eigenvalue weighted by atomic mass is 9.85. The fourth-order valence-electron chi connectivity index (χ4n) is 4.75. The van der Waals surface area contributed by atoms with Gasteiger partial charge in [0.25, 0.3) is 5.56 Å². The van der Waals surface area contributed by atoms with Crippen LogP contribution in [0.5, 0.6) is 0 Å². The Hall–Kier alpha value is -3.28. The number of nitrogens with zero attached hydrogens (tertiary/aromatic N) is 6. The van der Waals surface area contributed by atoms with Gasteiger partial charge in [-0.15, -0.1) is 0 Å². The van der Waals surface area contributed by atoms with E-state index in [1.807, 2.05) is 0 Å². The summed E-state index contributed by atoms with van der Waals surface area (Å²) in [6, 6.07) is 6.41. The second-order valence-corrected chi connectivity index (χ2v) is 14.6. The number of phosphoric ester groups is 1. The van der Waals surface area contributed by atoms with E-state index in [1.54, 1.807) is 32.0 Å². The molecular weight excluding hydrogens is 665 g/mol. The molecular formula is C21H27N8O13P3. The number of rotatable bonds is 13. The SMILES string of the molecule is CC(C)(N=[N+]=[N-])c1ccccc1C(=O)CC1C[C@H](n2cnc3c(=O)[nH]c(N)nc32)O[C@@H]1COP(=O)(O)OP(=O)(O)OP(=O)(O)O. The minimum absolute atomic E-state index is 0.0257. The molecule has 0 bridgehead atoms. The zero-order valence-corrected chi connectivity index (χ0v) is 26.0. The van der Waals surface area contributed by atoms with Crippen LogP contribution in [0, 0.1) is 5.92 Å². The second-order valence-electron chi connectivity index (χ2n) is 10.2. The molecule has 0 aliphatic carbocycles. The van der Waals surface area contributed by atoms with Gasteiger partial charge in [0, 0.05) is 16.9 Å². The number of nitrogens with one attached hydrogen (secondary N) is 1. The monoisotopic (exact) mass is 692 g/mol. The quantitative estimate of drug-likeness (QED) is 0.0493. The molecule has 24 heteroatoms. The standard InChI is InChI=1S/C21H27N8O13P3/c1-21(2,27-28-23)13-6-4-3-5-12(13)14(30)7-11-8-16(29-10-24-17-18(29)25-20(22)26-19(17)31)40-15(11)9-39-44(35,36)42-45(37,38)41-43(32,33)34/h3-6,10-11,15-16H,7-9H2,1-2H3,(H,35,36)(H,37,38)(H2,32,33,34)(H3,22,25,26,31)/t11?,15-,16-/m1/s1. The number of aromatic nitrogens is 4. The van der Waals surface area contributed by atoms with Gasteiger partial charge in [-0.1, -0.05) is 43.2 Å². The molecule has 3 aromatic rings. The first-order chi connectivity index (χ1) is 20.8. The average Bonchev–Trinajstić information content (AvgIpc) is 3.49. The number of hydrogen-bond acceptors (Lipinski definition) is 13. The molecule has 0 spiro atoms. The van der Waals surface area contributed by atoms with Crippen LogP contribution in [0.1, 0.15) is 48.8 Å². The molecule has 3 heterocycles. The predicted molar refractivity (Wildman–Crippen MR) is 152 cm³/mol. The number of H-pyrrole nitrogens is 1. The van der Waals surface area contributed by atoms with Crippen LogP contribution in [0.3, 0.4) is 0 Å². The number of carbonyl (C=O) groups excluding carboxylic acids is 1. The van der Waals surface area contributed by atoms with E-state index in [2.05, 4.69) is 33.6 Å². The number of Topliss-reactive ketones (excluding diaryl/α,β-unsaturated/α-hetero) is 1. The Morgan fingerprint density at radius 1 is 1.22 bits per heavy atom. The summed E-state index contributed by atoms with van der Waals surface area (Å²) >= 11 is 0. The first-order valence-electron chi connectivity index (χ1n) is 12.7. The van der Waals surface area contributed by atoms with Gasteiger partial charge >= 0.3 is 23.5 Å². The molecule has 0 radical (unpaired) electrons. The largest absolute Gasteiger partial charge is 0.490 e. The summed E-state index contributed by atoms with van der Waals surface area (Å²) in [7, 11) is -16.9. The minimum atomic E-state index is -5.79. The first kappa shape index (κ1) is 34.6. The van der Waals surface area contributed by atoms with Crippen molar-refractivity contribution in [1.82, 2.24) is 19.5 Å². The molecule has 1 fully saturated rings. The molecule has 3 unspecified atom stereocenters. The van der Waals surface area contributed by atoms with Gasteiger partial charge in [-0.25, -0.2) is 18.7 Å². The van der Waals surface area contributed by atoms with Gasteiger partial charge in [0.15, 0.2) is 16.9 Å². The van der Waals surface area contributed by atoms with Crippen LogP contribution < -0.4 is 11.3 Å². The number of aromatic amines is 1. The Balaban J connectivity index is 1.63. The van der Waals surface area contributed by atoms with Crippen LogP contribution >= 0.6 is 23.5 Å². The van der Waals surface area contributed by atoms with Crippen LogP contribution in [0.2, 0.25) is 0 Å². The van der Waals surface area contributed by atoms with Crippen LogP contribution in [-0.2, 0) is 37.1 Å². The Morgan fingerprint density at radius 2 is 1.91 bits per heavy atom. The third-order valence-electron chi connectivity index (χ3n) is 6.57. The highest BCUT2D eigenvalue weighted by atomic mass is 31.3. The van der Waals surface area contributed by atoms with Gasteiger partial charge in [0.1, 0.15) is 6.23 Å². The highest BCUT2D eigenvalue weighted by Gasteiger charge is 2.44. The number of imidazole rings is 1. The number of ether oxygens (including phenoxy) is 1. The van der Waals surface area contributed by atoms with Crippen molar-refractivity contribution in [2.24, 2.45) is 11.0 Å². The van der Waals surface area contributed by atoms with E-state index in [1.165, 1.54) is 17.0 Å². The lowest BCUT2D eigenvalue weighted by Crippen LogP contribution is -2.25. The number of hydrogen-bond donors (Lipinski definition) is 6. The number of anilines is 1. The van der Waals surface area contributed by atoms with Crippen molar-refractivity contribution >= 4 is 46.4 Å². The van der Waals surface area contributed by atoms with Gasteiger partial charge in [0.2, 0.25) is 5.95 Å². The fourth-order valence-corrected chi connectivity index (χ4v) is 7.78. The lowest BCUT2D eigenvalue weighted by molar-refractivity contribution is -0.0287. The Kier molecular flexibility index (Phi) is 9.87. The van der Waals surface area contributed by atoms with E-state index in [0.717, 1.165) is 0 Å². The molecule has 7 N–H and O–H groups in total. The number of fused-ring (bicyclic) bond motifs is 1. The molecule has 5 atom stereocenters. The van der Waals surface area contributed by atoms with Crippen molar-refractivity contribution in [2.45, 2.75) is 44.6 Å². The molecule has 2 aromatic heterocycles. The zero-order chi connectivity index (χ0) is 33.4. The van der Waals surface area contributed by atoms with E-state index in [-0.39, 0.29) is 35.5 Å². The number of benzene rings is 1. The summed E-state index contributed by atoms with van der Waals surface area (Å²) in [5, 5.41) is 3.77. The summed E-state index contributed by atoms with van der Waals surface area (Å²) in [5.74, 6) is -1.44. The van der Waals surface area contributed by atoms with E-state index in [0.29, 0.717) is 5.56 Å². The second kappa shape index (κ2) is 12.8. The van der Waals surface area contributed by atoms with E-state index in [4.69, 9.17) is 30.3 Å². The number of azide groups is 1. The topological polar surface area (TPSA) is 324 Å². The number of carbonyl (C=O) groups is 1. The highest BCUT2D eigenvalue weighted by molar-refractivity contribution is 7.66. The Bertz CT molecular complexity index is 1870. The maximum atomic E-state index is 13.6. The van der Waals surface area contributed by atoms with Gasteiger partial charge in [-0.05, 0) is 23.4 Å². The predicted octanol–water partition coefficient (Wildman–Crippen LogP) is 2.77. The van der Waals surface area contributed by atoms with Crippen molar-refractivity contribution in [3.8, 4) is 0 Å². The molecule has 1 saturated heterocycles. The van der Waals surface area contributed by atoms with Crippen LogP contribution in [0.25, 0.3) is 21.6 Å². The molecule has 1 aromatic carbocycles. The molecule has 21 nitrogen and oxygen atoms in total. The van der Waals surface area contributed by atoms with E-state index < -0.39 is 65.2 Å². The summed E-state index contributed by atoms with van der Waals surface area (Å²) in [5.41, 5.74) is 13.5. The normalized spacial score (nSPS) is 21.6. The number of ketones is 1. The first-order valence-corrected chi connectivity index (χ1v) is 17.2. The van der Waals surface area contributed by atoms with Crippen molar-refractivity contribution in [3.05, 3.63) is 62.5 Å². The number of nitrogen functional groups attached to an aromatic ring is 1. The van der Waals surface area contributed by atoms with Crippen LogP contribution in [0.15, 0.2) is 40.5 Å². The summed E-state index contributed by atoms with van der Waals surface area (Å²) in [6.07, 6.45) is -1.17. The minimum Gasteiger partial charge on any atom is -0.369 e. The third-order valence-corrected chi connectivity index (χ3v) is 10.4. The molecule has 0 amide bonds. The molecule has 45 heavy (non-hydrogen) atoms. The zero-order valence-electron chi connectivity index (χ0n) is 23.3. The fraction of sp³-hybridized carbons (Fsp3) is 0.429. The maximum Gasteiger partial charge on any atom is 0.490 e. The van der Waals surface area contributed by atoms with Gasteiger partial charge in [-0.3, -0.25) is 23.7 Å². The average molecular weight is 692 g/mol. The van der Waals surface area contributed by atoms with Gasteiger partial charge in [0.05, 0.1) is 24.6 Å². The highest BCUT2D eigenvalue weighted by Crippen LogP contribution is 2.66. The van der Waals surface area contributed by atoms with Crippen LogP contribution in [-0.4, -0.2) is 57.6 Å². The van der Waals surface area contributed by atoms with E-state index >= 15 is 0 Å². The summed E-state index contributed by atoms with van der Waals surface area (Å²) in [4.78, 5) is 76.1. The molecule has 0 saturated carbocycles. The third kappa shape index (κ3) is 8.51. The molecule has 1 aliphatic heterocycles. The van der Waals surface area contributed by atoms with Crippen molar-refractivity contribution < 1.29 is 55.9 Å². The summed E-state index contributed by atoms with van der Waals surface area (Å²) < 4.78 is 54.7. The summed E-state index contributed by atoms with van der Waals surface area (Å²) in [6.45, 7) is 2.39. The molecule has 244 valence electrons. The number of nitrogens with two attached hydrogens (primary N) is 1.